The zero-order chi connectivity index (χ0) is 15.7. The molecule has 0 bridgehead atoms. The molecule has 0 radical (unpaired) electrons. The van der Waals surface area contributed by atoms with Crippen LogP contribution in [0, 0.1) is 0 Å². The molecule has 0 heterocycles. The maximum Gasteiger partial charge on any atom is 0.430 e. The zero-order valence-electron chi connectivity index (χ0n) is 12.7. The number of benzene rings is 1. The molecule has 0 aliphatic heterocycles. The van der Waals surface area contributed by atoms with Crippen molar-refractivity contribution in [2.75, 3.05) is 13.7 Å². The number of nitrogens with zero attached hydrogens (tertiary/aromatic N) is 1. The highest BCUT2D eigenvalue weighted by Crippen LogP contribution is 2.28. The molecular weight excluding hydrogens is 272 g/mol. The molecule has 0 aliphatic carbocycles. The Morgan fingerprint density at radius 2 is 2.05 bits per heavy atom. The van der Waals surface area contributed by atoms with Crippen LogP contribution in [0.25, 0.3) is 0 Å². The second-order valence-electron chi connectivity index (χ2n) is 4.51. The topological polar surface area (TPSA) is 83.1 Å². The predicted molar refractivity (Wildman–Crippen MR) is 80.9 cm³/mol. The number of amides is 1. The summed E-state index contributed by atoms with van der Waals surface area (Å²) in [5.74, 6) is 1.29. The van der Waals surface area contributed by atoms with E-state index >= 15 is 0 Å². The van der Waals surface area contributed by atoms with E-state index < -0.39 is 6.09 Å². The highest BCUT2D eigenvalue weighted by Gasteiger charge is 2.08. The number of ether oxygens (including phenoxy) is 2. The van der Waals surface area contributed by atoms with Crippen molar-refractivity contribution in [2.24, 2.45) is 10.9 Å². The van der Waals surface area contributed by atoms with E-state index in [0.717, 1.165) is 24.8 Å². The van der Waals surface area contributed by atoms with Gasteiger partial charge in [0.2, 0.25) is 0 Å². The van der Waals surface area contributed by atoms with Crippen LogP contribution in [0.5, 0.6) is 11.5 Å². The van der Waals surface area contributed by atoms with Gasteiger partial charge in [-0.1, -0.05) is 24.9 Å². The maximum atomic E-state index is 10.6. The minimum atomic E-state index is -0.945. The predicted octanol–water partition coefficient (Wildman–Crippen LogP) is 3.08. The molecule has 0 aliphatic rings. The molecule has 6 heteroatoms. The highest BCUT2D eigenvalue weighted by molar-refractivity contribution is 5.99. The first-order valence-electron chi connectivity index (χ1n) is 6.90. The van der Waals surface area contributed by atoms with E-state index in [-0.39, 0.29) is 0 Å². The van der Waals surface area contributed by atoms with Gasteiger partial charge in [-0.05, 0) is 31.5 Å². The van der Waals surface area contributed by atoms with Gasteiger partial charge >= 0.3 is 6.09 Å². The number of carbonyl (C=O) groups excluding carboxylic acids is 1. The lowest BCUT2D eigenvalue weighted by atomic mass is 10.1. The van der Waals surface area contributed by atoms with Crippen molar-refractivity contribution < 1.29 is 19.1 Å². The third-order valence-electron chi connectivity index (χ3n) is 2.86. The van der Waals surface area contributed by atoms with Gasteiger partial charge in [-0.25, -0.2) is 4.79 Å². The molecule has 2 N–H and O–H groups in total. The van der Waals surface area contributed by atoms with Crippen molar-refractivity contribution in [3.8, 4) is 11.5 Å². The lowest BCUT2D eigenvalue weighted by molar-refractivity contribution is 0.161. The Morgan fingerprint density at radius 3 is 2.67 bits per heavy atom. The van der Waals surface area contributed by atoms with E-state index in [9.17, 15) is 4.79 Å². The van der Waals surface area contributed by atoms with Gasteiger partial charge in [-0.2, -0.15) is 0 Å². The third-order valence-corrected chi connectivity index (χ3v) is 2.86. The molecule has 1 aromatic carbocycles. The second kappa shape index (κ2) is 8.84. The number of oxime groups is 1. The summed E-state index contributed by atoms with van der Waals surface area (Å²) in [7, 11) is 1.59. The molecule has 0 aromatic heterocycles. The van der Waals surface area contributed by atoms with Gasteiger partial charge in [0.25, 0.3) is 0 Å². The van der Waals surface area contributed by atoms with Gasteiger partial charge in [0.05, 0.1) is 19.4 Å². The van der Waals surface area contributed by atoms with Crippen LogP contribution in [0.4, 0.5) is 4.79 Å². The van der Waals surface area contributed by atoms with Crippen LogP contribution in [0.2, 0.25) is 0 Å². The summed E-state index contributed by atoms with van der Waals surface area (Å²) >= 11 is 0. The smallest absolute Gasteiger partial charge is 0.430 e. The maximum absolute atomic E-state index is 10.6. The minimum absolute atomic E-state index is 0.523. The Hall–Kier alpha value is -2.24. The van der Waals surface area contributed by atoms with Crippen molar-refractivity contribution >= 4 is 11.8 Å². The van der Waals surface area contributed by atoms with Crippen LogP contribution < -0.4 is 15.2 Å². The fourth-order valence-electron chi connectivity index (χ4n) is 1.71. The molecule has 6 nitrogen and oxygen atoms in total. The molecule has 1 amide bonds. The highest BCUT2D eigenvalue weighted by atomic mass is 16.7. The summed E-state index contributed by atoms with van der Waals surface area (Å²) in [5.41, 5.74) is 6.16. The molecule has 1 aromatic rings. The first-order valence-corrected chi connectivity index (χ1v) is 6.90. The van der Waals surface area contributed by atoms with E-state index in [1.54, 1.807) is 32.2 Å². The molecule has 1 rings (SSSR count). The third kappa shape index (κ3) is 5.72. The second-order valence-corrected chi connectivity index (χ2v) is 4.51. The van der Waals surface area contributed by atoms with Crippen molar-refractivity contribution in [2.45, 2.75) is 33.1 Å². The SMILES string of the molecule is CCCCCOc1cc(/C(C)=N/OC(N)=O)ccc1OC. The van der Waals surface area contributed by atoms with Gasteiger partial charge in [-0.15, -0.1) is 0 Å². The van der Waals surface area contributed by atoms with E-state index in [4.69, 9.17) is 15.2 Å². The summed E-state index contributed by atoms with van der Waals surface area (Å²) in [6.45, 7) is 4.48. The summed E-state index contributed by atoms with van der Waals surface area (Å²) in [6.07, 6.45) is 2.30. The quantitative estimate of drug-likeness (QED) is 0.345. The molecular formula is C15H22N2O4. The fraction of sp³-hybridized carbons (Fsp3) is 0.467. The van der Waals surface area contributed by atoms with Crippen LogP contribution in [-0.2, 0) is 4.84 Å². The van der Waals surface area contributed by atoms with Crippen molar-refractivity contribution in [3.05, 3.63) is 23.8 Å². The number of nitrogens with two attached hydrogens (primary N) is 1. The molecule has 0 atom stereocenters. The lowest BCUT2D eigenvalue weighted by Gasteiger charge is -2.12. The van der Waals surface area contributed by atoms with Crippen LogP contribution in [0.1, 0.15) is 38.7 Å². The molecule has 21 heavy (non-hydrogen) atoms. The van der Waals surface area contributed by atoms with E-state index in [0.29, 0.717) is 23.8 Å². The largest absolute Gasteiger partial charge is 0.493 e. The number of hydrogen-bond acceptors (Lipinski definition) is 5. The Bertz CT molecular complexity index is 500. The standard InChI is InChI=1S/C15H22N2O4/c1-4-5-6-9-20-14-10-12(7-8-13(14)19-3)11(2)17-21-15(16)18/h7-8,10H,4-6,9H2,1-3H3,(H2,16,18)/b17-11+. The van der Waals surface area contributed by atoms with Crippen molar-refractivity contribution in [3.63, 3.8) is 0 Å². The Labute approximate surface area is 124 Å². The van der Waals surface area contributed by atoms with E-state index in [2.05, 4.69) is 16.9 Å². The number of unbranched alkanes of at least 4 members (excludes halogenated alkanes) is 2. The van der Waals surface area contributed by atoms with Crippen LogP contribution >= 0.6 is 0 Å². The van der Waals surface area contributed by atoms with Crippen LogP contribution in [0.3, 0.4) is 0 Å². The number of carbonyl (C=O) groups is 1. The molecule has 0 saturated heterocycles. The van der Waals surface area contributed by atoms with Gasteiger partial charge < -0.3 is 15.2 Å². The van der Waals surface area contributed by atoms with Gasteiger partial charge in [-0.3, -0.25) is 4.84 Å². The monoisotopic (exact) mass is 294 g/mol. The lowest BCUT2D eigenvalue weighted by Crippen LogP contribution is -2.11. The van der Waals surface area contributed by atoms with E-state index in [1.807, 2.05) is 0 Å². The molecule has 116 valence electrons. The Kier molecular flexibility index (Phi) is 7.08. The number of primary amides is 1. The Morgan fingerprint density at radius 1 is 1.29 bits per heavy atom. The minimum Gasteiger partial charge on any atom is -0.493 e. The van der Waals surface area contributed by atoms with Crippen molar-refractivity contribution in [1.82, 2.24) is 0 Å². The van der Waals surface area contributed by atoms with Gasteiger partial charge in [0.15, 0.2) is 11.5 Å². The number of hydrogen-bond donors (Lipinski definition) is 1. The first-order chi connectivity index (χ1) is 10.1. The van der Waals surface area contributed by atoms with Crippen LogP contribution in [0.15, 0.2) is 23.4 Å². The van der Waals surface area contributed by atoms with Crippen molar-refractivity contribution in [1.29, 1.82) is 0 Å². The normalized spacial score (nSPS) is 11.1. The first kappa shape index (κ1) is 16.8. The fourth-order valence-corrected chi connectivity index (χ4v) is 1.71. The van der Waals surface area contributed by atoms with Gasteiger partial charge in [0, 0.05) is 5.56 Å². The summed E-state index contributed by atoms with van der Waals surface area (Å²) in [6, 6.07) is 5.39. The summed E-state index contributed by atoms with van der Waals surface area (Å²) in [4.78, 5) is 15.0. The molecule has 0 fully saturated rings. The zero-order valence-corrected chi connectivity index (χ0v) is 12.7. The summed E-state index contributed by atoms with van der Waals surface area (Å²) in [5, 5.41) is 3.65. The molecule has 0 spiro atoms. The van der Waals surface area contributed by atoms with Gasteiger partial charge in [0.1, 0.15) is 0 Å². The van der Waals surface area contributed by atoms with E-state index in [1.165, 1.54) is 0 Å². The number of rotatable bonds is 8. The van der Waals surface area contributed by atoms with Crippen LogP contribution in [-0.4, -0.2) is 25.5 Å². The molecule has 0 unspecified atom stereocenters. The Balaban J connectivity index is 2.83. The average Bonchev–Trinajstić information content (AvgIpc) is 2.49. The molecule has 0 saturated carbocycles. The average molecular weight is 294 g/mol. The summed E-state index contributed by atoms with van der Waals surface area (Å²) < 4.78 is 11.0. The number of methoxy groups -OCH3 is 1.